The van der Waals surface area contributed by atoms with Crippen molar-refractivity contribution in [2.45, 2.75) is 11.4 Å². The molecule has 6 heteroatoms. The van der Waals surface area contributed by atoms with Crippen LogP contribution in [0.4, 0.5) is 4.39 Å². The summed E-state index contributed by atoms with van der Waals surface area (Å²) in [6.45, 7) is 0.172. The Morgan fingerprint density at radius 1 is 1.23 bits per heavy atom. The van der Waals surface area contributed by atoms with E-state index in [9.17, 15) is 13.4 Å². The predicted octanol–water partition coefficient (Wildman–Crippen LogP) is 3.60. The van der Waals surface area contributed by atoms with Gasteiger partial charge in [0.15, 0.2) is 0 Å². The van der Waals surface area contributed by atoms with Crippen molar-refractivity contribution < 1.29 is 13.4 Å². The van der Waals surface area contributed by atoms with Crippen LogP contribution in [0.15, 0.2) is 51.8 Å². The summed E-state index contributed by atoms with van der Waals surface area (Å²) in [4.78, 5) is 14.5. The van der Waals surface area contributed by atoms with Gasteiger partial charge in [0, 0.05) is 51.1 Å². The molecule has 2 aromatic carbocycles. The highest BCUT2D eigenvalue weighted by atomic mass is 79.9. The van der Waals surface area contributed by atoms with E-state index in [0.717, 1.165) is 4.47 Å². The first-order chi connectivity index (χ1) is 10.4. The van der Waals surface area contributed by atoms with Crippen LogP contribution in [0.5, 0.6) is 0 Å². The lowest BCUT2D eigenvalue weighted by atomic mass is 10.1. The van der Waals surface area contributed by atoms with Crippen LogP contribution in [0.1, 0.15) is 15.9 Å². The molecule has 0 aromatic heterocycles. The third-order valence-corrected chi connectivity index (χ3v) is 4.62. The summed E-state index contributed by atoms with van der Waals surface area (Å²) < 4.78 is 25.8. The third-order valence-electron chi connectivity index (χ3n) is 3.20. The Morgan fingerprint density at radius 3 is 2.45 bits per heavy atom. The summed E-state index contributed by atoms with van der Waals surface area (Å²) >= 11 is 3.29. The number of hydrogen-bond acceptors (Lipinski definition) is 2. The van der Waals surface area contributed by atoms with Crippen molar-refractivity contribution >= 4 is 32.6 Å². The highest BCUT2D eigenvalue weighted by Gasteiger charge is 2.14. The smallest absolute Gasteiger partial charge is 0.253 e. The molecule has 0 aliphatic rings. The summed E-state index contributed by atoms with van der Waals surface area (Å²) in [7, 11) is 0.542. The van der Waals surface area contributed by atoms with Crippen molar-refractivity contribution in [1.29, 1.82) is 0 Å². The fraction of sp³-hybridized carbons (Fsp3) is 0.188. The van der Waals surface area contributed by atoms with Crippen LogP contribution >= 0.6 is 15.9 Å². The summed E-state index contributed by atoms with van der Waals surface area (Å²) in [5.74, 6) is -0.563. The first kappa shape index (κ1) is 16.8. The van der Waals surface area contributed by atoms with Crippen molar-refractivity contribution in [3.05, 3.63) is 63.9 Å². The Hall–Kier alpha value is -1.53. The van der Waals surface area contributed by atoms with E-state index in [0.29, 0.717) is 16.0 Å². The Bertz CT molecular complexity index is 719. The first-order valence-corrected chi connectivity index (χ1v) is 8.86. The maximum Gasteiger partial charge on any atom is 0.253 e. The van der Waals surface area contributed by atoms with Gasteiger partial charge in [0.2, 0.25) is 0 Å². The van der Waals surface area contributed by atoms with Crippen LogP contribution in [0.3, 0.4) is 0 Å². The molecule has 2 rings (SSSR count). The number of carbonyl (C=O) groups excluding carboxylic acids is 1. The lowest BCUT2D eigenvalue weighted by molar-refractivity contribution is 0.0783. The molecule has 1 atom stereocenters. The zero-order chi connectivity index (χ0) is 16.3. The highest BCUT2D eigenvalue weighted by molar-refractivity contribution is 9.10. The normalized spacial score (nSPS) is 12.0. The standard InChI is InChI=1S/C16H15BrFNO2S/c1-19(10-12-9-13(17)5-8-15(12)18)16(20)11-3-6-14(7-4-11)22(2)21/h3-9H,10H2,1-2H3. The SMILES string of the molecule is CN(Cc1cc(Br)ccc1F)C(=O)c1ccc(S(C)=O)cc1. The molecule has 0 heterocycles. The zero-order valence-electron chi connectivity index (χ0n) is 12.2. The van der Waals surface area contributed by atoms with Gasteiger partial charge in [0.05, 0.1) is 0 Å². The van der Waals surface area contributed by atoms with Crippen molar-refractivity contribution in [3.63, 3.8) is 0 Å². The quantitative estimate of drug-likeness (QED) is 0.808. The highest BCUT2D eigenvalue weighted by Crippen LogP contribution is 2.18. The van der Waals surface area contributed by atoms with Crippen LogP contribution in [0.25, 0.3) is 0 Å². The zero-order valence-corrected chi connectivity index (χ0v) is 14.6. The molecule has 116 valence electrons. The van der Waals surface area contributed by atoms with E-state index < -0.39 is 10.8 Å². The van der Waals surface area contributed by atoms with Gasteiger partial charge in [-0.15, -0.1) is 0 Å². The van der Waals surface area contributed by atoms with Gasteiger partial charge in [-0.1, -0.05) is 15.9 Å². The third kappa shape index (κ3) is 4.01. The predicted molar refractivity (Wildman–Crippen MR) is 88.7 cm³/mol. The number of hydrogen-bond donors (Lipinski definition) is 0. The maximum atomic E-state index is 13.7. The van der Waals surface area contributed by atoms with Crippen LogP contribution in [-0.4, -0.2) is 28.3 Å². The van der Waals surface area contributed by atoms with E-state index >= 15 is 0 Å². The number of nitrogens with zero attached hydrogens (tertiary/aromatic N) is 1. The molecule has 1 unspecified atom stereocenters. The van der Waals surface area contributed by atoms with E-state index in [1.165, 1.54) is 11.0 Å². The van der Waals surface area contributed by atoms with E-state index in [-0.39, 0.29) is 18.3 Å². The van der Waals surface area contributed by atoms with Crippen LogP contribution in [-0.2, 0) is 17.3 Å². The Morgan fingerprint density at radius 2 is 1.86 bits per heavy atom. The minimum Gasteiger partial charge on any atom is -0.337 e. The molecule has 0 N–H and O–H groups in total. The first-order valence-electron chi connectivity index (χ1n) is 6.51. The van der Waals surface area contributed by atoms with E-state index in [1.807, 2.05) is 0 Å². The number of rotatable bonds is 4. The average Bonchev–Trinajstić information content (AvgIpc) is 2.50. The fourth-order valence-electron chi connectivity index (χ4n) is 2.00. The number of halogens is 2. The minimum absolute atomic E-state index is 0.172. The molecule has 0 aliphatic carbocycles. The minimum atomic E-state index is -1.08. The Kier molecular flexibility index (Phi) is 5.47. The Labute approximate surface area is 139 Å². The molecule has 3 nitrogen and oxygen atoms in total. The summed E-state index contributed by atoms with van der Waals surface area (Å²) in [5, 5.41) is 0. The van der Waals surface area contributed by atoms with Gasteiger partial charge in [-0.05, 0) is 42.5 Å². The van der Waals surface area contributed by atoms with Gasteiger partial charge in [0.1, 0.15) is 5.82 Å². The Balaban J connectivity index is 2.15. The van der Waals surface area contributed by atoms with Crippen LogP contribution in [0, 0.1) is 5.82 Å². The maximum absolute atomic E-state index is 13.7. The van der Waals surface area contributed by atoms with E-state index in [2.05, 4.69) is 15.9 Å². The van der Waals surface area contributed by atoms with Gasteiger partial charge < -0.3 is 4.90 Å². The molecule has 0 saturated carbocycles. The number of carbonyl (C=O) groups is 1. The molecular formula is C16H15BrFNO2S. The number of amides is 1. The molecule has 0 bridgehead atoms. The molecule has 1 amide bonds. The molecule has 0 radical (unpaired) electrons. The second-order valence-corrected chi connectivity index (χ2v) is 7.17. The fourth-order valence-corrected chi connectivity index (χ4v) is 2.93. The molecule has 0 spiro atoms. The summed E-state index contributed by atoms with van der Waals surface area (Å²) in [6, 6.07) is 11.2. The second-order valence-electron chi connectivity index (χ2n) is 4.88. The molecule has 2 aromatic rings. The monoisotopic (exact) mass is 383 g/mol. The van der Waals surface area contributed by atoms with E-state index in [4.69, 9.17) is 0 Å². The van der Waals surface area contributed by atoms with Crippen molar-refractivity contribution in [1.82, 2.24) is 4.90 Å². The van der Waals surface area contributed by atoms with Crippen molar-refractivity contribution in [2.75, 3.05) is 13.3 Å². The average molecular weight is 384 g/mol. The number of benzene rings is 2. The molecule has 0 saturated heterocycles. The largest absolute Gasteiger partial charge is 0.337 e. The van der Waals surface area contributed by atoms with Gasteiger partial charge >= 0.3 is 0 Å². The lowest BCUT2D eigenvalue weighted by Gasteiger charge is -2.18. The molecule has 22 heavy (non-hydrogen) atoms. The van der Waals surface area contributed by atoms with Crippen LogP contribution in [0.2, 0.25) is 0 Å². The topological polar surface area (TPSA) is 37.4 Å². The van der Waals surface area contributed by atoms with Crippen LogP contribution < -0.4 is 0 Å². The van der Waals surface area contributed by atoms with Gasteiger partial charge in [-0.25, -0.2) is 4.39 Å². The molecule has 0 fully saturated rings. The van der Waals surface area contributed by atoms with Gasteiger partial charge in [-0.2, -0.15) is 0 Å². The van der Waals surface area contributed by atoms with Gasteiger partial charge in [0.25, 0.3) is 5.91 Å². The molecule has 0 aliphatic heterocycles. The summed E-state index contributed by atoms with van der Waals surface area (Å²) in [5.41, 5.74) is 0.920. The second kappa shape index (κ2) is 7.15. The summed E-state index contributed by atoms with van der Waals surface area (Å²) in [6.07, 6.45) is 1.58. The molecular weight excluding hydrogens is 369 g/mol. The van der Waals surface area contributed by atoms with Crippen molar-refractivity contribution in [2.24, 2.45) is 0 Å². The van der Waals surface area contributed by atoms with Gasteiger partial charge in [-0.3, -0.25) is 9.00 Å². The lowest BCUT2D eigenvalue weighted by Crippen LogP contribution is -2.26. The van der Waals surface area contributed by atoms with E-state index in [1.54, 1.807) is 49.7 Å². The van der Waals surface area contributed by atoms with Crippen molar-refractivity contribution in [3.8, 4) is 0 Å².